The lowest BCUT2D eigenvalue weighted by molar-refractivity contribution is 0.0949. The number of hydrazone groups is 1. The van der Waals surface area contributed by atoms with E-state index in [0.29, 0.717) is 0 Å². The van der Waals surface area contributed by atoms with Gasteiger partial charge in [0.05, 0.1) is 24.7 Å². The summed E-state index contributed by atoms with van der Waals surface area (Å²) in [6.07, 6.45) is 1.58. The van der Waals surface area contributed by atoms with Gasteiger partial charge in [0.2, 0.25) is 0 Å². The van der Waals surface area contributed by atoms with E-state index >= 15 is 0 Å². The maximum atomic E-state index is 12.9. The molecule has 0 spiro atoms. The smallest absolute Gasteiger partial charge is 0.291 e. The summed E-state index contributed by atoms with van der Waals surface area (Å²) in [5.41, 5.74) is 9.72. The molecule has 182 valence electrons. The first-order valence-corrected chi connectivity index (χ1v) is 11.9. The summed E-state index contributed by atoms with van der Waals surface area (Å²) < 4.78 is 6.97. The number of carbonyl (C=O) groups is 1. The summed E-state index contributed by atoms with van der Waals surface area (Å²) in [7, 11) is 1.62. The highest BCUT2D eigenvalue weighted by Gasteiger charge is 2.17. The Hall–Kier alpha value is -4.97. The van der Waals surface area contributed by atoms with Crippen LogP contribution in [0.5, 0.6) is 5.75 Å². The predicted molar refractivity (Wildman–Crippen MR) is 147 cm³/mol. The number of hydrogen-bond donors (Lipinski definition) is 1. The van der Waals surface area contributed by atoms with E-state index in [1.54, 1.807) is 24.1 Å². The molecule has 6 nitrogen and oxygen atoms in total. The average molecular weight is 487 g/mol. The Kier molecular flexibility index (Phi) is 6.90. The molecule has 0 aliphatic heterocycles. The number of nitrogens with zero attached hydrogens (tertiary/aromatic N) is 3. The standard InChI is InChI=1S/C31H26N4O2/c1-22-7-6-10-27(19-22)35-30(26-15-13-25(14-16-26)24-8-4-3-5-9-24)20-29(34-35)31(36)33-32-21-23-11-17-28(37-2)18-12-23/h3-21H,1-2H3,(H,33,36)/b32-21-. The van der Waals surface area contributed by atoms with Gasteiger partial charge in [-0.2, -0.15) is 10.2 Å². The van der Waals surface area contributed by atoms with Crippen molar-refractivity contribution in [3.05, 3.63) is 126 Å². The number of aryl methyl sites for hydroxylation is 1. The number of amides is 1. The molecule has 0 atom stereocenters. The number of rotatable bonds is 7. The number of hydrogen-bond acceptors (Lipinski definition) is 4. The lowest BCUT2D eigenvalue weighted by Gasteiger charge is -2.09. The maximum absolute atomic E-state index is 12.9. The van der Waals surface area contributed by atoms with Crippen LogP contribution in [0, 0.1) is 6.92 Å². The van der Waals surface area contributed by atoms with E-state index in [0.717, 1.165) is 44.9 Å². The van der Waals surface area contributed by atoms with Crippen molar-refractivity contribution < 1.29 is 9.53 Å². The summed E-state index contributed by atoms with van der Waals surface area (Å²) in [6, 6.07) is 35.7. The minimum Gasteiger partial charge on any atom is -0.497 e. The van der Waals surface area contributed by atoms with Gasteiger partial charge >= 0.3 is 0 Å². The molecule has 1 heterocycles. The fraction of sp³-hybridized carbons (Fsp3) is 0.0645. The molecule has 5 rings (SSSR count). The quantitative estimate of drug-likeness (QED) is 0.217. The first kappa shape index (κ1) is 23.8. The van der Waals surface area contributed by atoms with Crippen molar-refractivity contribution in [2.75, 3.05) is 7.11 Å². The molecule has 1 aromatic heterocycles. The van der Waals surface area contributed by atoms with Gasteiger partial charge in [-0.1, -0.05) is 66.7 Å². The zero-order valence-corrected chi connectivity index (χ0v) is 20.6. The van der Waals surface area contributed by atoms with E-state index in [2.05, 4.69) is 52.0 Å². The largest absolute Gasteiger partial charge is 0.497 e. The zero-order valence-electron chi connectivity index (χ0n) is 20.6. The molecule has 0 unspecified atom stereocenters. The van der Waals surface area contributed by atoms with Crippen molar-refractivity contribution >= 4 is 12.1 Å². The predicted octanol–water partition coefficient (Wildman–Crippen LogP) is 6.29. The summed E-state index contributed by atoms with van der Waals surface area (Å²) in [5.74, 6) is 0.366. The molecule has 4 aromatic carbocycles. The highest BCUT2D eigenvalue weighted by atomic mass is 16.5. The Labute approximate surface area is 215 Å². The highest BCUT2D eigenvalue weighted by Crippen LogP contribution is 2.28. The van der Waals surface area contributed by atoms with Crippen LogP contribution in [0.1, 0.15) is 21.6 Å². The monoisotopic (exact) mass is 486 g/mol. The Morgan fingerprint density at radius 2 is 1.54 bits per heavy atom. The lowest BCUT2D eigenvalue weighted by Crippen LogP contribution is -2.18. The van der Waals surface area contributed by atoms with Crippen LogP contribution >= 0.6 is 0 Å². The molecular formula is C31H26N4O2. The third-order valence-corrected chi connectivity index (χ3v) is 5.97. The van der Waals surface area contributed by atoms with Crippen molar-refractivity contribution in [3.63, 3.8) is 0 Å². The molecular weight excluding hydrogens is 460 g/mol. The number of carbonyl (C=O) groups excluding carboxylic acids is 1. The van der Waals surface area contributed by atoms with Crippen LogP contribution in [0.15, 0.2) is 114 Å². The fourth-order valence-corrected chi connectivity index (χ4v) is 4.03. The van der Waals surface area contributed by atoms with Crippen molar-refractivity contribution in [2.24, 2.45) is 5.10 Å². The summed E-state index contributed by atoms with van der Waals surface area (Å²) in [5, 5.41) is 8.74. The number of methoxy groups -OCH3 is 1. The molecule has 1 amide bonds. The van der Waals surface area contributed by atoms with E-state index < -0.39 is 5.91 Å². The Morgan fingerprint density at radius 1 is 0.838 bits per heavy atom. The van der Waals surface area contributed by atoms with Gasteiger partial charge in [0.1, 0.15) is 5.75 Å². The second-order valence-corrected chi connectivity index (χ2v) is 8.58. The van der Waals surface area contributed by atoms with Gasteiger partial charge in [0.25, 0.3) is 5.91 Å². The van der Waals surface area contributed by atoms with Gasteiger partial charge in [0.15, 0.2) is 5.69 Å². The van der Waals surface area contributed by atoms with Crippen LogP contribution in [-0.2, 0) is 0 Å². The van der Waals surface area contributed by atoms with Gasteiger partial charge in [-0.25, -0.2) is 10.1 Å². The van der Waals surface area contributed by atoms with Crippen LogP contribution in [0.4, 0.5) is 0 Å². The third kappa shape index (κ3) is 5.49. The van der Waals surface area contributed by atoms with Crippen molar-refractivity contribution in [1.29, 1.82) is 0 Å². The summed E-state index contributed by atoms with van der Waals surface area (Å²) >= 11 is 0. The maximum Gasteiger partial charge on any atom is 0.291 e. The molecule has 0 saturated heterocycles. The number of ether oxygens (including phenoxy) is 1. The van der Waals surface area contributed by atoms with E-state index in [4.69, 9.17) is 4.74 Å². The van der Waals surface area contributed by atoms with E-state index in [1.807, 2.05) is 73.7 Å². The molecule has 0 bridgehead atoms. The van der Waals surface area contributed by atoms with Crippen molar-refractivity contribution in [1.82, 2.24) is 15.2 Å². The first-order valence-electron chi connectivity index (χ1n) is 11.9. The molecule has 1 N–H and O–H groups in total. The molecule has 0 fully saturated rings. The molecule has 0 aliphatic carbocycles. The molecule has 6 heteroatoms. The summed E-state index contributed by atoms with van der Waals surface area (Å²) in [6.45, 7) is 2.03. The van der Waals surface area contributed by atoms with Crippen molar-refractivity contribution in [3.8, 4) is 33.8 Å². The minimum atomic E-state index is -0.390. The normalized spacial score (nSPS) is 11.0. The van der Waals surface area contributed by atoms with Gasteiger partial charge in [-0.15, -0.1) is 0 Å². The second kappa shape index (κ2) is 10.7. The van der Waals surface area contributed by atoms with Crippen LogP contribution in [-0.4, -0.2) is 29.0 Å². The molecule has 0 radical (unpaired) electrons. The average Bonchev–Trinajstić information content (AvgIpc) is 3.40. The Bertz CT molecular complexity index is 1540. The molecule has 37 heavy (non-hydrogen) atoms. The second-order valence-electron chi connectivity index (χ2n) is 8.58. The lowest BCUT2D eigenvalue weighted by atomic mass is 10.0. The zero-order chi connectivity index (χ0) is 25.6. The van der Waals surface area contributed by atoms with E-state index in [9.17, 15) is 4.79 Å². The van der Waals surface area contributed by atoms with Gasteiger partial charge in [-0.05, 0) is 71.6 Å². The fourth-order valence-electron chi connectivity index (χ4n) is 4.03. The molecule has 5 aromatic rings. The summed E-state index contributed by atoms with van der Waals surface area (Å²) in [4.78, 5) is 12.9. The first-order chi connectivity index (χ1) is 18.1. The van der Waals surface area contributed by atoms with Gasteiger partial charge < -0.3 is 4.74 Å². The van der Waals surface area contributed by atoms with Crippen LogP contribution in [0.2, 0.25) is 0 Å². The minimum absolute atomic E-state index is 0.274. The van der Waals surface area contributed by atoms with Crippen LogP contribution in [0.25, 0.3) is 28.1 Å². The van der Waals surface area contributed by atoms with Gasteiger partial charge in [-0.3, -0.25) is 4.79 Å². The van der Waals surface area contributed by atoms with Crippen LogP contribution < -0.4 is 10.2 Å². The molecule has 0 saturated carbocycles. The Balaban J connectivity index is 1.44. The molecule has 0 aliphatic rings. The topological polar surface area (TPSA) is 68.5 Å². The SMILES string of the molecule is COc1ccc(/C=N\NC(=O)c2cc(-c3ccc(-c4ccccc4)cc3)n(-c3cccc(C)c3)n2)cc1. The van der Waals surface area contributed by atoms with E-state index in [-0.39, 0.29) is 5.69 Å². The number of benzene rings is 4. The van der Waals surface area contributed by atoms with Crippen LogP contribution in [0.3, 0.4) is 0 Å². The van der Waals surface area contributed by atoms with Crippen molar-refractivity contribution in [2.45, 2.75) is 6.92 Å². The third-order valence-electron chi connectivity index (χ3n) is 5.97. The number of nitrogens with one attached hydrogen (secondary N) is 1. The number of aromatic nitrogens is 2. The van der Waals surface area contributed by atoms with Gasteiger partial charge in [0, 0.05) is 5.56 Å². The Morgan fingerprint density at radius 3 is 2.24 bits per heavy atom. The highest BCUT2D eigenvalue weighted by molar-refractivity contribution is 5.94. The van der Waals surface area contributed by atoms with E-state index in [1.165, 1.54) is 0 Å².